The molecule has 51 heavy (non-hydrogen) atoms. The van der Waals surface area contributed by atoms with E-state index in [1.807, 2.05) is 6.92 Å². The Kier molecular flexibility index (Phi) is 9.15. The van der Waals surface area contributed by atoms with Gasteiger partial charge in [0.2, 0.25) is 11.5 Å². The third kappa shape index (κ3) is 7.18. The van der Waals surface area contributed by atoms with Gasteiger partial charge in [-0.3, -0.25) is 9.59 Å². The second kappa shape index (κ2) is 13.4. The number of hydrogen-bond acceptors (Lipinski definition) is 10. The molecule has 15 nitrogen and oxygen atoms in total. The molecule has 4 aromatic rings. The third-order valence-corrected chi connectivity index (χ3v) is 9.38. The Labute approximate surface area is 288 Å². The van der Waals surface area contributed by atoms with Crippen molar-refractivity contribution in [2.75, 3.05) is 13.1 Å². The smallest absolute Gasteiger partial charge is 0.435 e. The van der Waals surface area contributed by atoms with Crippen molar-refractivity contribution in [3.05, 3.63) is 106 Å². The summed E-state index contributed by atoms with van der Waals surface area (Å²) in [6.07, 6.45) is -8.09. The summed E-state index contributed by atoms with van der Waals surface area (Å²) in [5, 5.41) is 20.7. The van der Waals surface area contributed by atoms with Gasteiger partial charge in [-0.25, -0.2) is 27.5 Å². The number of aromatic nitrogens is 2. The fourth-order valence-electron chi connectivity index (χ4n) is 5.46. The molecule has 0 radical (unpaired) electrons. The molecule has 1 fully saturated rings. The van der Waals surface area contributed by atoms with Gasteiger partial charge >= 0.3 is 12.3 Å². The van der Waals surface area contributed by atoms with Crippen LogP contribution >= 0.6 is 0 Å². The lowest BCUT2D eigenvalue weighted by atomic mass is 10.1. The molecule has 3 heterocycles. The van der Waals surface area contributed by atoms with Crippen LogP contribution < -0.4 is 4.72 Å². The molecule has 1 N–H and O–H groups in total. The van der Waals surface area contributed by atoms with Gasteiger partial charge in [0, 0.05) is 12.0 Å². The van der Waals surface area contributed by atoms with Crippen LogP contribution in [-0.4, -0.2) is 76.4 Å². The molecule has 1 aromatic heterocycles. The zero-order valence-corrected chi connectivity index (χ0v) is 27.6. The van der Waals surface area contributed by atoms with Crippen molar-refractivity contribution in [2.45, 2.75) is 43.7 Å². The highest BCUT2D eigenvalue weighted by Gasteiger charge is 2.40. The van der Waals surface area contributed by atoms with Crippen LogP contribution in [0.3, 0.4) is 0 Å². The Balaban J connectivity index is 1.05. The summed E-state index contributed by atoms with van der Waals surface area (Å²) in [5.41, 5.74) is 0.849. The van der Waals surface area contributed by atoms with E-state index in [0.29, 0.717) is 5.56 Å². The number of benzene rings is 3. The highest BCUT2D eigenvalue weighted by molar-refractivity contribution is 7.90. The molecular formula is C32H28F3N7O8S. The van der Waals surface area contributed by atoms with E-state index in [4.69, 9.17) is 9.57 Å². The van der Waals surface area contributed by atoms with Gasteiger partial charge in [0.25, 0.3) is 21.8 Å². The number of amides is 3. The number of halogens is 3. The average molecular weight is 728 g/mol. The second-order valence-electron chi connectivity index (χ2n) is 11.6. The number of imide groups is 1. The van der Waals surface area contributed by atoms with Gasteiger partial charge in [-0.15, -0.1) is 5.01 Å². The zero-order chi connectivity index (χ0) is 36.7. The third-order valence-electron chi connectivity index (χ3n) is 8.05. The maximum atomic E-state index is 13.5. The van der Waals surface area contributed by atoms with Gasteiger partial charge in [0.1, 0.15) is 12.6 Å². The Morgan fingerprint density at radius 3 is 2.27 bits per heavy atom. The van der Waals surface area contributed by atoms with Crippen molar-refractivity contribution in [2.24, 2.45) is 5.28 Å². The number of carbonyl (C=O) groups excluding carboxylic acids is 3. The number of nitrogens with zero attached hydrogens (tertiary/aromatic N) is 6. The number of sulfonamides is 1. The molecule has 0 aliphatic carbocycles. The van der Waals surface area contributed by atoms with Crippen molar-refractivity contribution in [3.8, 4) is 16.9 Å². The summed E-state index contributed by atoms with van der Waals surface area (Å²) in [4.78, 5) is 43.4. The van der Waals surface area contributed by atoms with Crippen molar-refractivity contribution in [1.82, 2.24) is 24.4 Å². The first-order chi connectivity index (χ1) is 24.1. The maximum Gasteiger partial charge on any atom is 0.435 e. The summed E-state index contributed by atoms with van der Waals surface area (Å²) in [6.45, 7) is 3.04. The second-order valence-corrected chi connectivity index (χ2v) is 13.3. The highest BCUT2D eigenvalue weighted by Crippen LogP contribution is 2.33. The molecule has 2 atom stereocenters. The minimum atomic E-state index is -4.73. The lowest BCUT2D eigenvalue weighted by Crippen LogP contribution is -2.39. The molecule has 0 saturated carbocycles. The van der Waals surface area contributed by atoms with Crippen molar-refractivity contribution in [1.29, 1.82) is 0 Å². The molecule has 3 aromatic carbocycles. The summed E-state index contributed by atoms with van der Waals surface area (Å²) in [6, 6.07) is 18.5. The topological polar surface area (TPSA) is 179 Å². The number of fused-ring (bicyclic) bond motifs is 1. The van der Waals surface area contributed by atoms with Crippen molar-refractivity contribution in [3.63, 3.8) is 0 Å². The predicted molar refractivity (Wildman–Crippen MR) is 169 cm³/mol. The molecule has 2 unspecified atom stereocenters. The van der Waals surface area contributed by atoms with Crippen LogP contribution in [0.25, 0.3) is 16.9 Å². The number of nitrogens with one attached hydrogen (secondary N) is 1. The fraction of sp³-hybridized carbons (Fsp3) is 0.250. The van der Waals surface area contributed by atoms with Crippen LogP contribution in [0.4, 0.5) is 18.0 Å². The lowest BCUT2D eigenvalue weighted by Gasteiger charge is -2.19. The molecule has 1 saturated heterocycles. The average Bonchev–Trinajstić information content (AvgIpc) is 3.81. The lowest BCUT2D eigenvalue weighted by molar-refractivity contribution is -0.709. The van der Waals surface area contributed by atoms with Gasteiger partial charge in [-0.1, -0.05) is 42.0 Å². The number of hydrazine groups is 1. The first-order valence-corrected chi connectivity index (χ1v) is 16.7. The summed E-state index contributed by atoms with van der Waals surface area (Å²) < 4.78 is 74.5. The number of aryl methyl sites for hydroxylation is 1. The quantitative estimate of drug-likeness (QED) is 0.109. The molecule has 6 rings (SSSR count). The Morgan fingerprint density at radius 1 is 1.04 bits per heavy atom. The Morgan fingerprint density at radius 2 is 1.67 bits per heavy atom. The normalized spacial score (nSPS) is 17.0. The molecular weight excluding hydrogens is 699 g/mol. The first kappa shape index (κ1) is 34.9. The highest BCUT2D eigenvalue weighted by atomic mass is 32.2. The van der Waals surface area contributed by atoms with Crippen molar-refractivity contribution >= 4 is 27.9 Å². The van der Waals surface area contributed by atoms with E-state index >= 15 is 0 Å². The fourth-order valence-corrected chi connectivity index (χ4v) is 6.34. The molecule has 266 valence electrons. The largest absolute Gasteiger partial charge is 0.569 e. The van der Waals surface area contributed by atoms with Crippen molar-refractivity contribution < 1.29 is 50.5 Å². The minimum Gasteiger partial charge on any atom is -0.569 e. The monoisotopic (exact) mass is 727 g/mol. The van der Waals surface area contributed by atoms with E-state index in [1.54, 1.807) is 41.1 Å². The van der Waals surface area contributed by atoms with E-state index < -0.39 is 52.1 Å². The van der Waals surface area contributed by atoms with E-state index in [9.17, 15) is 41.2 Å². The number of rotatable bonds is 9. The number of hydrogen-bond donors (Lipinski definition) is 1. The van der Waals surface area contributed by atoms with Crippen LogP contribution in [0.5, 0.6) is 0 Å². The number of alkyl halides is 3. The van der Waals surface area contributed by atoms with E-state index in [2.05, 4.69) is 10.4 Å². The van der Waals surface area contributed by atoms with Gasteiger partial charge in [0.05, 0.1) is 38.9 Å². The molecule has 2 aliphatic heterocycles. The Hall–Kier alpha value is -5.98. The summed E-state index contributed by atoms with van der Waals surface area (Å²) in [5.74, 6) is -1.21. The summed E-state index contributed by atoms with van der Waals surface area (Å²) >= 11 is 0. The standard InChI is InChI=1S/C32H28F3N7O8S/c1-19-7-9-21(10-8-19)27-17-28(32(33,34)35)36-41(27)22-11-13-24(14-12-22)51(47,48)37-31(45)49-23-15-16-39(18-23)42(46)38-50-20(2)40-29(43)25-5-3-4-6-26(25)30(40)44/h3-14,17,20,23H,15-16,18H2,1-2H3,(H,37,45)/b42-38-. The van der Waals surface area contributed by atoms with Gasteiger partial charge in [0.15, 0.2) is 5.69 Å². The maximum absolute atomic E-state index is 13.5. The molecule has 0 bridgehead atoms. The van der Waals surface area contributed by atoms with E-state index in [1.165, 1.54) is 31.2 Å². The molecule has 2 aliphatic rings. The van der Waals surface area contributed by atoms with Crippen LogP contribution in [-0.2, 0) is 25.8 Å². The first-order valence-electron chi connectivity index (χ1n) is 15.3. The zero-order valence-electron chi connectivity index (χ0n) is 26.8. The van der Waals surface area contributed by atoms with Crippen LogP contribution in [0.2, 0.25) is 0 Å². The van der Waals surface area contributed by atoms with Crippen LogP contribution in [0, 0.1) is 12.1 Å². The Bertz CT molecular complexity index is 2100. The SMILES string of the molecule is Cc1ccc(-c2cc(C(F)(F)F)nn2-c2ccc(S(=O)(=O)NC(=O)OC3CCN(/[N+]([O-])=N/OC(C)N4C(=O)c5ccccc5C4=O)C3)cc2)cc1. The van der Waals surface area contributed by atoms with Gasteiger partial charge < -0.3 is 14.8 Å². The van der Waals surface area contributed by atoms with Crippen LogP contribution in [0.15, 0.2) is 89.0 Å². The molecule has 0 spiro atoms. The summed E-state index contributed by atoms with van der Waals surface area (Å²) in [7, 11) is -4.49. The molecule has 19 heteroatoms. The predicted octanol–water partition coefficient (Wildman–Crippen LogP) is 4.81. The number of carbonyl (C=O) groups is 3. The van der Waals surface area contributed by atoms with Gasteiger partial charge in [-0.05, 0) is 56.3 Å². The molecule has 3 amide bonds. The van der Waals surface area contributed by atoms with Crippen LogP contribution in [0.1, 0.15) is 45.3 Å². The van der Waals surface area contributed by atoms with E-state index in [0.717, 1.165) is 38.4 Å². The van der Waals surface area contributed by atoms with Gasteiger partial charge in [-0.2, -0.15) is 18.3 Å². The number of ether oxygens (including phenoxy) is 1. The minimum absolute atomic E-state index is 0.0397. The van der Waals surface area contributed by atoms with E-state index in [-0.39, 0.29) is 51.9 Å².